The molecular formula is C20H24N2O3S2. The number of hydrogen-bond acceptors (Lipinski definition) is 4. The van der Waals surface area contributed by atoms with E-state index in [-0.39, 0.29) is 5.91 Å². The molecule has 5 nitrogen and oxygen atoms in total. The summed E-state index contributed by atoms with van der Waals surface area (Å²) < 4.78 is 27.1. The fraction of sp³-hybridized carbons (Fsp3) is 0.350. The molecule has 1 aromatic heterocycles. The Morgan fingerprint density at radius 3 is 2.41 bits per heavy atom. The molecule has 1 aliphatic heterocycles. The normalized spacial score (nSPS) is 16.3. The zero-order valence-electron chi connectivity index (χ0n) is 15.1. The average molecular weight is 405 g/mol. The Labute approximate surface area is 164 Å². The van der Waals surface area contributed by atoms with Crippen LogP contribution in [0, 0.1) is 0 Å². The second-order valence-electron chi connectivity index (χ2n) is 6.52. The van der Waals surface area contributed by atoms with Crippen LogP contribution in [0.15, 0.2) is 52.7 Å². The molecule has 7 heteroatoms. The van der Waals surface area contributed by atoms with E-state index in [2.05, 4.69) is 5.32 Å². The molecule has 0 radical (unpaired) electrons. The van der Waals surface area contributed by atoms with E-state index >= 15 is 0 Å². The number of amides is 1. The van der Waals surface area contributed by atoms with Crippen LogP contribution in [0.25, 0.3) is 6.08 Å². The van der Waals surface area contributed by atoms with Crippen molar-refractivity contribution in [1.82, 2.24) is 9.62 Å². The highest BCUT2D eigenvalue weighted by Gasteiger charge is 2.24. The maximum Gasteiger partial charge on any atom is 0.244 e. The van der Waals surface area contributed by atoms with Crippen LogP contribution >= 0.6 is 11.3 Å². The van der Waals surface area contributed by atoms with Crippen LogP contribution in [-0.2, 0) is 21.4 Å². The summed E-state index contributed by atoms with van der Waals surface area (Å²) in [5, 5.41) is 4.79. The van der Waals surface area contributed by atoms with Crippen molar-refractivity contribution in [3.8, 4) is 0 Å². The Hall–Kier alpha value is -1.96. The number of carbonyl (C=O) groups is 1. The van der Waals surface area contributed by atoms with Crippen LogP contribution in [0.4, 0.5) is 0 Å². The third-order valence-electron chi connectivity index (χ3n) is 4.53. The zero-order valence-corrected chi connectivity index (χ0v) is 16.8. The summed E-state index contributed by atoms with van der Waals surface area (Å²) >= 11 is 1.60. The Kier molecular flexibility index (Phi) is 6.82. The van der Waals surface area contributed by atoms with Crippen LogP contribution in [0.1, 0.15) is 36.1 Å². The molecule has 2 aromatic rings. The number of carbonyl (C=O) groups excluding carboxylic acids is 1. The van der Waals surface area contributed by atoms with E-state index in [1.807, 2.05) is 17.5 Å². The molecule has 1 amide bonds. The lowest BCUT2D eigenvalue weighted by atomic mass is 10.2. The maximum absolute atomic E-state index is 12.8. The maximum atomic E-state index is 12.8. The SMILES string of the molecule is O=C(/C=C/c1ccc(S(=O)(=O)N2CCCCCC2)cc1)NCc1cccs1. The lowest BCUT2D eigenvalue weighted by Gasteiger charge is -2.19. The molecule has 0 spiro atoms. The Morgan fingerprint density at radius 2 is 1.78 bits per heavy atom. The minimum absolute atomic E-state index is 0.176. The fourth-order valence-electron chi connectivity index (χ4n) is 3.00. The van der Waals surface area contributed by atoms with Gasteiger partial charge in [0, 0.05) is 24.0 Å². The minimum atomic E-state index is -3.44. The summed E-state index contributed by atoms with van der Waals surface area (Å²) in [6.07, 6.45) is 7.16. The van der Waals surface area contributed by atoms with Gasteiger partial charge in [0.25, 0.3) is 0 Å². The van der Waals surface area contributed by atoms with E-state index in [9.17, 15) is 13.2 Å². The summed E-state index contributed by atoms with van der Waals surface area (Å²) in [6, 6.07) is 10.6. The van der Waals surface area contributed by atoms with Gasteiger partial charge in [-0.2, -0.15) is 4.31 Å². The predicted molar refractivity (Wildman–Crippen MR) is 109 cm³/mol. The molecule has 1 aromatic carbocycles. The molecule has 2 heterocycles. The van der Waals surface area contributed by atoms with E-state index in [1.165, 1.54) is 6.08 Å². The smallest absolute Gasteiger partial charge is 0.244 e. The molecular weight excluding hydrogens is 380 g/mol. The molecule has 0 atom stereocenters. The Morgan fingerprint density at radius 1 is 1.07 bits per heavy atom. The van der Waals surface area contributed by atoms with Crippen molar-refractivity contribution in [2.75, 3.05) is 13.1 Å². The van der Waals surface area contributed by atoms with Gasteiger partial charge in [-0.1, -0.05) is 31.0 Å². The largest absolute Gasteiger partial charge is 0.348 e. The second-order valence-corrected chi connectivity index (χ2v) is 9.49. The van der Waals surface area contributed by atoms with Gasteiger partial charge in [-0.3, -0.25) is 4.79 Å². The van der Waals surface area contributed by atoms with Crippen molar-refractivity contribution < 1.29 is 13.2 Å². The lowest BCUT2D eigenvalue weighted by Crippen LogP contribution is -2.31. The van der Waals surface area contributed by atoms with Crippen molar-refractivity contribution in [3.05, 3.63) is 58.3 Å². The van der Waals surface area contributed by atoms with Crippen molar-refractivity contribution in [2.45, 2.75) is 37.1 Å². The molecule has 0 bridgehead atoms. The molecule has 0 unspecified atom stereocenters. The zero-order chi connectivity index (χ0) is 19.1. The Balaban J connectivity index is 1.59. The van der Waals surface area contributed by atoms with Gasteiger partial charge in [-0.05, 0) is 48.1 Å². The quantitative estimate of drug-likeness (QED) is 0.748. The van der Waals surface area contributed by atoms with Gasteiger partial charge in [0.1, 0.15) is 0 Å². The van der Waals surface area contributed by atoms with E-state index in [0.29, 0.717) is 24.5 Å². The number of nitrogens with one attached hydrogen (secondary N) is 1. The topological polar surface area (TPSA) is 66.5 Å². The van der Waals surface area contributed by atoms with Gasteiger partial charge in [0.15, 0.2) is 0 Å². The number of rotatable bonds is 6. The third-order valence-corrected chi connectivity index (χ3v) is 7.32. The van der Waals surface area contributed by atoms with Crippen LogP contribution in [0.5, 0.6) is 0 Å². The number of sulfonamides is 1. The van der Waals surface area contributed by atoms with Gasteiger partial charge in [-0.15, -0.1) is 11.3 Å². The standard InChI is InChI=1S/C20H24N2O3S2/c23-20(21-16-18-6-5-15-26-18)12-9-17-7-10-19(11-8-17)27(24,25)22-13-3-1-2-4-14-22/h5-12,15H,1-4,13-14,16H2,(H,21,23)/b12-9+. The average Bonchev–Trinajstić information content (AvgIpc) is 3.04. The van der Waals surface area contributed by atoms with E-state index in [4.69, 9.17) is 0 Å². The molecule has 1 saturated heterocycles. The molecule has 1 aliphatic rings. The van der Waals surface area contributed by atoms with E-state index < -0.39 is 10.0 Å². The summed E-state index contributed by atoms with van der Waals surface area (Å²) in [7, 11) is -3.44. The monoisotopic (exact) mass is 404 g/mol. The highest BCUT2D eigenvalue weighted by atomic mass is 32.2. The third kappa shape index (κ3) is 5.51. The summed E-state index contributed by atoms with van der Waals surface area (Å²) in [5.41, 5.74) is 0.788. The Bertz CT molecular complexity index is 864. The van der Waals surface area contributed by atoms with Gasteiger partial charge in [-0.25, -0.2) is 8.42 Å². The molecule has 0 aliphatic carbocycles. The predicted octanol–water partition coefficient (Wildman–Crippen LogP) is 3.64. The van der Waals surface area contributed by atoms with Crippen LogP contribution in [-0.4, -0.2) is 31.7 Å². The van der Waals surface area contributed by atoms with Crippen molar-refractivity contribution in [2.24, 2.45) is 0 Å². The first-order valence-corrected chi connectivity index (χ1v) is 11.5. The second kappa shape index (κ2) is 9.30. The number of benzene rings is 1. The molecule has 0 saturated carbocycles. The molecule has 27 heavy (non-hydrogen) atoms. The number of hydrogen-bond donors (Lipinski definition) is 1. The van der Waals surface area contributed by atoms with Gasteiger partial charge in [0.2, 0.25) is 15.9 Å². The van der Waals surface area contributed by atoms with Gasteiger partial charge >= 0.3 is 0 Å². The van der Waals surface area contributed by atoms with Crippen LogP contribution in [0.3, 0.4) is 0 Å². The van der Waals surface area contributed by atoms with Gasteiger partial charge < -0.3 is 5.32 Å². The summed E-state index contributed by atoms with van der Waals surface area (Å²) in [6.45, 7) is 1.69. The summed E-state index contributed by atoms with van der Waals surface area (Å²) in [4.78, 5) is 13.3. The lowest BCUT2D eigenvalue weighted by molar-refractivity contribution is -0.116. The van der Waals surface area contributed by atoms with Crippen molar-refractivity contribution >= 4 is 33.3 Å². The highest BCUT2D eigenvalue weighted by Crippen LogP contribution is 2.21. The summed E-state index contributed by atoms with van der Waals surface area (Å²) in [5.74, 6) is -0.176. The first-order chi connectivity index (χ1) is 13.1. The highest BCUT2D eigenvalue weighted by molar-refractivity contribution is 7.89. The molecule has 3 rings (SSSR count). The van der Waals surface area contributed by atoms with E-state index in [1.54, 1.807) is 46.0 Å². The van der Waals surface area contributed by atoms with E-state index in [0.717, 1.165) is 36.1 Å². The van der Waals surface area contributed by atoms with Crippen molar-refractivity contribution in [3.63, 3.8) is 0 Å². The minimum Gasteiger partial charge on any atom is -0.348 e. The first kappa shape index (κ1) is 19.8. The van der Waals surface area contributed by atoms with Crippen LogP contribution < -0.4 is 5.32 Å². The van der Waals surface area contributed by atoms with Crippen molar-refractivity contribution in [1.29, 1.82) is 0 Å². The first-order valence-electron chi connectivity index (χ1n) is 9.14. The number of nitrogens with zero attached hydrogens (tertiary/aromatic N) is 1. The molecule has 1 N–H and O–H groups in total. The van der Waals surface area contributed by atoms with Crippen LogP contribution in [0.2, 0.25) is 0 Å². The van der Waals surface area contributed by atoms with Gasteiger partial charge in [0.05, 0.1) is 11.4 Å². The molecule has 1 fully saturated rings. The number of thiophene rings is 1. The fourth-order valence-corrected chi connectivity index (χ4v) is 5.16. The molecule has 144 valence electrons.